The first-order valence-electron chi connectivity index (χ1n) is 11.6. The summed E-state index contributed by atoms with van der Waals surface area (Å²) in [4.78, 5) is 40.6. The molecule has 0 aliphatic carbocycles. The lowest BCUT2D eigenvalue weighted by atomic mass is 9.89. The third-order valence-electron chi connectivity index (χ3n) is 6.40. The van der Waals surface area contributed by atoms with E-state index in [1.165, 1.54) is 0 Å². The zero-order chi connectivity index (χ0) is 23.9. The van der Waals surface area contributed by atoms with E-state index in [9.17, 15) is 14.4 Å². The maximum absolute atomic E-state index is 13.7. The Morgan fingerprint density at radius 1 is 0.735 bits per heavy atom. The highest BCUT2D eigenvalue weighted by molar-refractivity contribution is 5.93. The molecular weight excluding hydrogens is 426 g/mol. The van der Waals surface area contributed by atoms with Crippen molar-refractivity contribution in [2.24, 2.45) is 11.7 Å². The average Bonchev–Trinajstić information content (AvgIpc) is 2.89. The van der Waals surface area contributed by atoms with Crippen molar-refractivity contribution in [3.8, 4) is 0 Å². The van der Waals surface area contributed by atoms with Gasteiger partial charge in [-0.15, -0.1) is 0 Å². The molecule has 174 valence electrons. The van der Waals surface area contributed by atoms with Gasteiger partial charge in [0.05, 0.1) is 5.92 Å². The normalized spacial score (nSPS) is 15.0. The first-order chi connectivity index (χ1) is 16.5. The highest BCUT2D eigenvalue weighted by Crippen LogP contribution is 2.27. The minimum absolute atomic E-state index is 0.178. The van der Waals surface area contributed by atoms with Crippen LogP contribution in [0.1, 0.15) is 41.5 Å². The highest BCUT2D eigenvalue weighted by Gasteiger charge is 2.33. The molecule has 0 unspecified atom stereocenters. The largest absolute Gasteiger partial charge is 0.369 e. The third-order valence-corrected chi connectivity index (χ3v) is 6.40. The Morgan fingerprint density at radius 3 is 1.62 bits per heavy atom. The standard InChI is InChI=1S/C28H29N3O3/c29-26(32)23-16-18-31(19-17-23)28(34)25(22-14-8-3-9-15-22)30-27(33)24(20-10-4-1-5-11-20)21-12-6-2-7-13-21/h1-15,23-25H,16-19H2,(H2,29,32)(H,30,33)/t25-/m1/s1. The van der Waals surface area contributed by atoms with Crippen LogP contribution in [0.5, 0.6) is 0 Å². The van der Waals surface area contributed by atoms with E-state index in [2.05, 4.69) is 5.32 Å². The van der Waals surface area contributed by atoms with Gasteiger partial charge in [-0.2, -0.15) is 0 Å². The second-order valence-corrected chi connectivity index (χ2v) is 8.61. The quantitative estimate of drug-likeness (QED) is 0.572. The predicted molar refractivity (Wildman–Crippen MR) is 131 cm³/mol. The molecule has 3 N–H and O–H groups in total. The van der Waals surface area contributed by atoms with Crippen LogP contribution >= 0.6 is 0 Å². The fraction of sp³-hybridized carbons (Fsp3) is 0.250. The minimum atomic E-state index is -0.825. The highest BCUT2D eigenvalue weighted by atomic mass is 16.2. The smallest absolute Gasteiger partial charge is 0.249 e. The van der Waals surface area contributed by atoms with Gasteiger partial charge in [0.1, 0.15) is 6.04 Å². The molecule has 4 rings (SSSR count). The zero-order valence-corrected chi connectivity index (χ0v) is 19.0. The summed E-state index contributed by atoms with van der Waals surface area (Å²) in [6, 6.07) is 27.6. The predicted octanol–water partition coefficient (Wildman–Crippen LogP) is 3.40. The minimum Gasteiger partial charge on any atom is -0.369 e. The molecule has 6 nitrogen and oxygen atoms in total. The summed E-state index contributed by atoms with van der Waals surface area (Å²) < 4.78 is 0. The second-order valence-electron chi connectivity index (χ2n) is 8.61. The molecule has 34 heavy (non-hydrogen) atoms. The maximum atomic E-state index is 13.7. The number of amides is 3. The summed E-state index contributed by atoms with van der Waals surface area (Å²) in [5.74, 6) is -1.51. The summed E-state index contributed by atoms with van der Waals surface area (Å²) in [6.45, 7) is 0.874. The van der Waals surface area contributed by atoms with Gasteiger partial charge in [0.25, 0.3) is 0 Å². The summed E-state index contributed by atoms with van der Waals surface area (Å²) in [5, 5.41) is 3.04. The summed E-state index contributed by atoms with van der Waals surface area (Å²) >= 11 is 0. The van der Waals surface area contributed by atoms with Gasteiger partial charge in [-0.25, -0.2) is 0 Å². The van der Waals surface area contributed by atoms with Crippen LogP contribution in [0.3, 0.4) is 0 Å². The number of piperidine rings is 1. The topological polar surface area (TPSA) is 92.5 Å². The molecule has 1 aliphatic rings. The number of nitrogens with two attached hydrogens (primary N) is 1. The van der Waals surface area contributed by atoms with Crippen molar-refractivity contribution in [2.75, 3.05) is 13.1 Å². The maximum Gasteiger partial charge on any atom is 0.249 e. The fourth-order valence-electron chi connectivity index (χ4n) is 4.51. The molecule has 3 amide bonds. The Kier molecular flexibility index (Phi) is 7.38. The second kappa shape index (κ2) is 10.8. The van der Waals surface area contributed by atoms with Crippen molar-refractivity contribution < 1.29 is 14.4 Å². The summed E-state index contributed by atoms with van der Waals surface area (Å²) in [7, 11) is 0. The van der Waals surface area contributed by atoms with Gasteiger partial charge >= 0.3 is 0 Å². The van der Waals surface area contributed by atoms with Crippen LogP contribution in [0.25, 0.3) is 0 Å². The van der Waals surface area contributed by atoms with Gasteiger partial charge in [-0.3, -0.25) is 14.4 Å². The number of carbonyl (C=O) groups excluding carboxylic acids is 3. The number of hydrogen-bond donors (Lipinski definition) is 2. The van der Waals surface area contributed by atoms with Gasteiger partial charge in [0.2, 0.25) is 17.7 Å². The number of rotatable bonds is 7. The molecular formula is C28H29N3O3. The van der Waals surface area contributed by atoms with Gasteiger partial charge in [-0.1, -0.05) is 91.0 Å². The van der Waals surface area contributed by atoms with E-state index in [-0.39, 0.29) is 23.6 Å². The molecule has 0 radical (unpaired) electrons. The van der Waals surface area contributed by atoms with E-state index in [0.717, 1.165) is 16.7 Å². The number of primary amides is 1. The Bertz CT molecular complexity index is 1070. The third kappa shape index (κ3) is 5.34. The Morgan fingerprint density at radius 2 is 1.18 bits per heavy atom. The molecule has 1 fully saturated rings. The van der Waals surface area contributed by atoms with Crippen molar-refractivity contribution in [2.45, 2.75) is 24.8 Å². The van der Waals surface area contributed by atoms with Crippen LogP contribution in [-0.4, -0.2) is 35.7 Å². The van der Waals surface area contributed by atoms with Crippen molar-refractivity contribution >= 4 is 17.7 Å². The molecule has 0 spiro atoms. The molecule has 1 saturated heterocycles. The van der Waals surface area contributed by atoms with Crippen LogP contribution in [0.15, 0.2) is 91.0 Å². The van der Waals surface area contributed by atoms with Gasteiger partial charge in [0.15, 0.2) is 0 Å². The van der Waals surface area contributed by atoms with E-state index >= 15 is 0 Å². The summed E-state index contributed by atoms with van der Waals surface area (Å²) in [6.07, 6.45) is 1.07. The molecule has 3 aromatic carbocycles. The van der Waals surface area contributed by atoms with Crippen molar-refractivity contribution in [1.29, 1.82) is 0 Å². The van der Waals surface area contributed by atoms with E-state index < -0.39 is 12.0 Å². The molecule has 0 aromatic heterocycles. The Labute approximate surface area is 199 Å². The molecule has 1 heterocycles. The number of hydrogen-bond acceptors (Lipinski definition) is 3. The molecule has 3 aromatic rings. The molecule has 6 heteroatoms. The van der Waals surface area contributed by atoms with Crippen molar-refractivity contribution in [3.63, 3.8) is 0 Å². The Balaban J connectivity index is 1.61. The number of benzene rings is 3. The number of nitrogens with zero attached hydrogens (tertiary/aromatic N) is 1. The Hall–Kier alpha value is -3.93. The van der Waals surface area contributed by atoms with Crippen LogP contribution in [0.4, 0.5) is 0 Å². The van der Waals surface area contributed by atoms with Gasteiger partial charge in [-0.05, 0) is 29.5 Å². The van der Waals surface area contributed by atoms with E-state index in [1.807, 2.05) is 91.0 Å². The first-order valence-corrected chi connectivity index (χ1v) is 11.6. The van der Waals surface area contributed by atoms with Gasteiger partial charge in [0, 0.05) is 19.0 Å². The van der Waals surface area contributed by atoms with E-state index in [1.54, 1.807) is 4.90 Å². The van der Waals surface area contributed by atoms with Crippen LogP contribution in [0.2, 0.25) is 0 Å². The van der Waals surface area contributed by atoms with Gasteiger partial charge < -0.3 is 16.0 Å². The number of nitrogens with one attached hydrogen (secondary N) is 1. The van der Waals surface area contributed by atoms with Crippen LogP contribution < -0.4 is 11.1 Å². The average molecular weight is 456 g/mol. The number of likely N-dealkylation sites (tertiary alicyclic amines) is 1. The first kappa shape index (κ1) is 23.2. The van der Waals surface area contributed by atoms with Crippen LogP contribution in [-0.2, 0) is 14.4 Å². The SMILES string of the molecule is NC(=O)C1CCN(C(=O)[C@H](NC(=O)C(c2ccccc2)c2ccccc2)c2ccccc2)CC1. The van der Waals surface area contributed by atoms with Crippen LogP contribution in [0, 0.1) is 5.92 Å². The molecule has 0 bridgehead atoms. The molecule has 1 atom stereocenters. The fourth-order valence-corrected chi connectivity index (χ4v) is 4.51. The molecule has 1 aliphatic heterocycles. The lowest BCUT2D eigenvalue weighted by Gasteiger charge is -2.34. The van der Waals surface area contributed by atoms with Crippen molar-refractivity contribution in [1.82, 2.24) is 10.2 Å². The van der Waals surface area contributed by atoms with E-state index in [4.69, 9.17) is 5.73 Å². The lowest BCUT2D eigenvalue weighted by Crippen LogP contribution is -2.48. The van der Waals surface area contributed by atoms with Crippen molar-refractivity contribution in [3.05, 3.63) is 108 Å². The van der Waals surface area contributed by atoms with E-state index in [0.29, 0.717) is 25.9 Å². The lowest BCUT2D eigenvalue weighted by molar-refractivity contribution is -0.139. The summed E-state index contributed by atoms with van der Waals surface area (Å²) in [5.41, 5.74) is 7.88. The zero-order valence-electron chi connectivity index (χ0n) is 19.0. The monoisotopic (exact) mass is 455 g/mol. The molecule has 0 saturated carbocycles. The number of carbonyl (C=O) groups is 3.